The second kappa shape index (κ2) is 4.72. The van der Waals surface area contributed by atoms with Crippen molar-refractivity contribution in [1.29, 1.82) is 0 Å². The minimum Gasteiger partial charge on any atom is -0.481 e. The maximum absolute atomic E-state index is 10.7. The molecule has 0 spiro atoms. The van der Waals surface area contributed by atoms with Crippen LogP contribution in [0.15, 0.2) is 0 Å². The Labute approximate surface area is 96.3 Å². The predicted octanol–water partition coefficient (Wildman–Crippen LogP) is 1.08. The molecule has 0 aromatic rings. The van der Waals surface area contributed by atoms with Crippen molar-refractivity contribution in [3.05, 3.63) is 0 Å². The first kappa shape index (κ1) is 11.9. The van der Waals surface area contributed by atoms with Crippen LogP contribution in [0, 0.1) is 5.92 Å². The first-order valence-electron chi connectivity index (χ1n) is 6.22. The van der Waals surface area contributed by atoms with Crippen LogP contribution in [-0.4, -0.2) is 45.8 Å². The molecule has 2 heterocycles. The Bertz CT molecular complexity index is 253. The van der Waals surface area contributed by atoms with Crippen LogP contribution in [-0.2, 0) is 4.79 Å². The number of rotatable bonds is 4. The second-order valence-corrected chi connectivity index (χ2v) is 5.37. The van der Waals surface area contributed by atoms with Crippen molar-refractivity contribution in [3.63, 3.8) is 0 Å². The van der Waals surface area contributed by atoms with Gasteiger partial charge in [0.15, 0.2) is 0 Å². The fourth-order valence-electron chi connectivity index (χ4n) is 3.40. The molecule has 4 nitrogen and oxygen atoms in total. The van der Waals surface area contributed by atoms with Gasteiger partial charge in [0.2, 0.25) is 0 Å². The van der Waals surface area contributed by atoms with Gasteiger partial charge in [-0.25, -0.2) is 0 Å². The van der Waals surface area contributed by atoms with Gasteiger partial charge >= 0.3 is 5.97 Å². The second-order valence-electron chi connectivity index (χ2n) is 5.37. The molecular formula is C12H21NO3. The Morgan fingerprint density at radius 3 is 2.38 bits per heavy atom. The minimum atomic E-state index is -0.673. The fraction of sp³-hybridized carbons (Fsp3) is 0.917. The molecule has 0 aromatic heterocycles. The van der Waals surface area contributed by atoms with E-state index in [4.69, 9.17) is 5.11 Å². The van der Waals surface area contributed by atoms with Gasteiger partial charge in [-0.05, 0) is 38.5 Å². The summed E-state index contributed by atoms with van der Waals surface area (Å²) in [6.45, 7) is 2.57. The SMILES string of the molecule is CC(O)CN1C2CCC1CC(CC(=O)O)C2. The smallest absolute Gasteiger partial charge is 0.303 e. The van der Waals surface area contributed by atoms with Gasteiger partial charge in [0.25, 0.3) is 0 Å². The van der Waals surface area contributed by atoms with Crippen LogP contribution in [0.4, 0.5) is 0 Å². The van der Waals surface area contributed by atoms with Crippen LogP contribution < -0.4 is 0 Å². The first-order chi connectivity index (χ1) is 7.56. The summed E-state index contributed by atoms with van der Waals surface area (Å²) in [5.41, 5.74) is 0. The van der Waals surface area contributed by atoms with Crippen molar-refractivity contribution >= 4 is 5.97 Å². The zero-order valence-electron chi connectivity index (χ0n) is 9.80. The Morgan fingerprint density at radius 1 is 1.38 bits per heavy atom. The molecule has 4 heteroatoms. The number of hydrogen-bond donors (Lipinski definition) is 2. The van der Waals surface area contributed by atoms with E-state index in [1.54, 1.807) is 0 Å². The van der Waals surface area contributed by atoms with Gasteiger partial charge in [-0.2, -0.15) is 0 Å². The topological polar surface area (TPSA) is 60.8 Å². The van der Waals surface area contributed by atoms with Crippen molar-refractivity contribution in [1.82, 2.24) is 4.90 Å². The first-order valence-corrected chi connectivity index (χ1v) is 6.22. The molecule has 2 aliphatic heterocycles. The van der Waals surface area contributed by atoms with Crippen molar-refractivity contribution in [2.45, 2.75) is 57.2 Å². The van der Waals surface area contributed by atoms with Crippen molar-refractivity contribution in [2.24, 2.45) is 5.92 Å². The number of aliphatic hydroxyl groups is 1. The van der Waals surface area contributed by atoms with Gasteiger partial charge in [-0.15, -0.1) is 0 Å². The molecule has 0 aliphatic carbocycles. The van der Waals surface area contributed by atoms with Gasteiger partial charge in [-0.3, -0.25) is 9.69 Å². The van der Waals surface area contributed by atoms with Gasteiger partial charge < -0.3 is 10.2 Å². The van der Waals surface area contributed by atoms with Crippen LogP contribution >= 0.6 is 0 Å². The van der Waals surface area contributed by atoms with Crippen LogP contribution in [0.3, 0.4) is 0 Å². The molecule has 3 unspecified atom stereocenters. The van der Waals surface area contributed by atoms with Gasteiger partial charge in [-0.1, -0.05) is 0 Å². The molecule has 3 atom stereocenters. The lowest BCUT2D eigenvalue weighted by Gasteiger charge is -2.39. The quantitative estimate of drug-likeness (QED) is 0.754. The van der Waals surface area contributed by atoms with Crippen molar-refractivity contribution in [2.75, 3.05) is 6.54 Å². The summed E-state index contributed by atoms with van der Waals surface area (Å²) in [4.78, 5) is 13.1. The van der Waals surface area contributed by atoms with E-state index in [2.05, 4.69) is 4.90 Å². The Morgan fingerprint density at radius 2 is 1.94 bits per heavy atom. The Kier molecular flexibility index (Phi) is 3.50. The van der Waals surface area contributed by atoms with E-state index in [1.807, 2.05) is 6.92 Å². The molecule has 2 N–H and O–H groups in total. The Hall–Kier alpha value is -0.610. The zero-order chi connectivity index (χ0) is 11.7. The summed E-state index contributed by atoms with van der Waals surface area (Å²) in [5, 5.41) is 18.3. The molecule has 0 radical (unpaired) electrons. The molecule has 0 amide bonds. The lowest BCUT2D eigenvalue weighted by Crippen LogP contribution is -2.46. The van der Waals surface area contributed by atoms with Crippen molar-refractivity contribution < 1.29 is 15.0 Å². The predicted molar refractivity (Wildman–Crippen MR) is 60.2 cm³/mol. The molecule has 2 fully saturated rings. The van der Waals surface area contributed by atoms with E-state index in [0.717, 1.165) is 19.4 Å². The number of aliphatic carboxylic acids is 1. The molecule has 0 saturated carbocycles. The lowest BCUT2D eigenvalue weighted by molar-refractivity contribution is -0.138. The van der Waals surface area contributed by atoms with Crippen molar-refractivity contribution in [3.8, 4) is 0 Å². The molecule has 92 valence electrons. The molecule has 2 saturated heterocycles. The molecule has 2 aliphatic rings. The number of carbonyl (C=O) groups is 1. The standard InChI is InChI=1S/C12H21NO3/c1-8(14)7-13-10-2-3-11(13)5-9(4-10)6-12(15)16/h8-11,14H,2-7H2,1H3,(H,15,16). The third-order valence-corrected chi connectivity index (χ3v) is 3.92. The highest BCUT2D eigenvalue weighted by molar-refractivity contribution is 5.67. The molecule has 2 rings (SSSR count). The maximum Gasteiger partial charge on any atom is 0.303 e. The average Bonchev–Trinajstić information content (AvgIpc) is 2.43. The highest BCUT2D eigenvalue weighted by Crippen LogP contribution is 2.39. The van der Waals surface area contributed by atoms with Gasteiger partial charge in [0.05, 0.1) is 6.10 Å². The molecule has 16 heavy (non-hydrogen) atoms. The molecular weight excluding hydrogens is 206 g/mol. The third kappa shape index (κ3) is 2.55. The highest BCUT2D eigenvalue weighted by Gasteiger charge is 2.41. The molecule has 0 aromatic carbocycles. The largest absolute Gasteiger partial charge is 0.481 e. The van der Waals surface area contributed by atoms with E-state index in [1.165, 1.54) is 12.8 Å². The summed E-state index contributed by atoms with van der Waals surface area (Å²) >= 11 is 0. The number of carboxylic acid groups (broad SMARTS) is 1. The highest BCUT2D eigenvalue weighted by atomic mass is 16.4. The number of aliphatic hydroxyl groups excluding tert-OH is 1. The number of piperidine rings is 1. The summed E-state index contributed by atoms with van der Waals surface area (Å²) in [7, 11) is 0. The number of carboxylic acids is 1. The number of hydrogen-bond acceptors (Lipinski definition) is 3. The minimum absolute atomic E-state index is 0.279. The van der Waals surface area contributed by atoms with Crippen LogP contribution in [0.2, 0.25) is 0 Å². The summed E-state index contributed by atoms with van der Waals surface area (Å²) in [5.74, 6) is -0.325. The van der Waals surface area contributed by atoms with E-state index in [-0.39, 0.29) is 6.10 Å². The lowest BCUT2D eigenvalue weighted by atomic mass is 9.88. The van der Waals surface area contributed by atoms with Gasteiger partial charge in [0, 0.05) is 25.0 Å². The maximum atomic E-state index is 10.7. The van der Waals surface area contributed by atoms with E-state index < -0.39 is 5.97 Å². The number of nitrogens with zero attached hydrogens (tertiary/aromatic N) is 1. The fourth-order valence-corrected chi connectivity index (χ4v) is 3.40. The average molecular weight is 227 g/mol. The van der Waals surface area contributed by atoms with E-state index >= 15 is 0 Å². The van der Waals surface area contributed by atoms with Gasteiger partial charge in [0.1, 0.15) is 0 Å². The van der Waals surface area contributed by atoms with E-state index in [0.29, 0.717) is 24.4 Å². The van der Waals surface area contributed by atoms with Crippen LogP contribution in [0.25, 0.3) is 0 Å². The monoisotopic (exact) mass is 227 g/mol. The van der Waals surface area contributed by atoms with E-state index in [9.17, 15) is 9.90 Å². The van der Waals surface area contributed by atoms with Crippen LogP contribution in [0.5, 0.6) is 0 Å². The molecule has 2 bridgehead atoms. The zero-order valence-corrected chi connectivity index (χ0v) is 9.80. The third-order valence-electron chi connectivity index (χ3n) is 3.92. The normalized spacial score (nSPS) is 36.2. The Balaban J connectivity index is 1.93. The summed E-state index contributed by atoms with van der Waals surface area (Å²) < 4.78 is 0. The van der Waals surface area contributed by atoms with Crippen LogP contribution in [0.1, 0.15) is 39.0 Å². The summed E-state index contributed by atoms with van der Waals surface area (Å²) in [6.07, 6.45) is 4.38. The summed E-state index contributed by atoms with van der Waals surface area (Å²) in [6, 6.07) is 1.02. The number of fused-ring (bicyclic) bond motifs is 2.